The average molecular weight is 722 g/mol. The molecule has 20 heteroatoms. The van der Waals surface area contributed by atoms with Crippen LogP contribution in [0.5, 0.6) is 0 Å². The number of rotatable bonds is 9. The quantitative estimate of drug-likeness (QED) is 0.0620. The highest BCUT2D eigenvalue weighted by Gasteiger charge is 2.60. The van der Waals surface area contributed by atoms with E-state index >= 15 is 0 Å². The minimum atomic E-state index is -1.45. The largest absolute Gasteiger partial charge is 0.444 e. The summed E-state index contributed by atoms with van der Waals surface area (Å²) >= 11 is 0. The third-order valence-electron chi connectivity index (χ3n) is 9.00. The number of nitrogens with zero attached hydrogens (tertiary/aromatic N) is 5. The van der Waals surface area contributed by atoms with Crippen molar-refractivity contribution in [2.45, 2.75) is 32.4 Å². The zero-order valence-electron chi connectivity index (χ0n) is 27.5. The number of aliphatic imine (C=N–C) groups is 1. The lowest BCUT2D eigenvalue weighted by molar-refractivity contribution is -0.385. The lowest BCUT2D eigenvalue weighted by atomic mass is 9.77. The molecule has 0 unspecified atom stereocenters. The van der Waals surface area contributed by atoms with E-state index in [0.29, 0.717) is 18.5 Å². The van der Waals surface area contributed by atoms with Gasteiger partial charge in [0.05, 0.1) is 45.0 Å². The van der Waals surface area contributed by atoms with Crippen molar-refractivity contribution in [3.63, 3.8) is 0 Å². The summed E-state index contributed by atoms with van der Waals surface area (Å²) in [4.78, 5) is 103. The smallest absolute Gasteiger partial charge is 0.393 e. The van der Waals surface area contributed by atoms with Crippen LogP contribution in [0.25, 0.3) is 0 Å². The highest BCUT2D eigenvalue weighted by Crippen LogP contribution is 2.47. The number of non-ortho nitro benzene ring substituents is 2. The summed E-state index contributed by atoms with van der Waals surface area (Å²) in [6.07, 6.45) is -2.17. The van der Waals surface area contributed by atoms with E-state index in [9.17, 15) is 54.1 Å². The van der Waals surface area contributed by atoms with Crippen molar-refractivity contribution < 1.29 is 53.2 Å². The Morgan fingerprint density at radius 3 is 2.02 bits per heavy atom. The zero-order chi connectivity index (χ0) is 38.0. The highest BCUT2D eigenvalue weighted by atomic mass is 16.6. The number of aliphatic hydroxyl groups excluding tert-OH is 1. The summed E-state index contributed by atoms with van der Waals surface area (Å²) in [5.74, 6) is -7.12. The van der Waals surface area contributed by atoms with Crippen LogP contribution >= 0.6 is 0 Å². The van der Waals surface area contributed by atoms with Crippen molar-refractivity contribution in [2.24, 2.45) is 28.5 Å². The first-order valence-electron chi connectivity index (χ1n) is 15.7. The van der Waals surface area contributed by atoms with Gasteiger partial charge in [-0.2, -0.15) is 0 Å². The van der Waals surface area contributed by atoms with E-state index in [1.807, 2.05) is 4.90 Å². The van der Waals surface area contributed by atoms with Gasteiger partial charge in [-0.15, -0.1) is 4.99 Å². The second-order valence-corrected chi connectivity index (χ2v) is 12.3. The van der Waals surface area contributed by atoms with Crippen molar-refractivity contribution in [3.05, 3.63) is 91.2 Å². The van der Waals surface area contributed by atoms with Gasteiger partial charge in [0.1, 0.15) is 5.70 Å². The molecule has 2 aromatic rings. The van der Waals surface area contributed by atoms with Crippen LogP contribution in [-0.4, -0.2) is 98.3 Å². The number of nitrogens with one attached hydrogen (secondary N) is 1. The molecular formula is C32H31N7O13. The van der Waals surface area contributed by atoms with Gasteiger partial charge in [-0.3, -0.25) is 40.0 Å². The third kappa shape index (κ3) is 7.51. The van der Waals surface area contributed by atoms with Crippen molar-refractivity contribution in [1.82, 2.24) is 15.1 Å². The predicted molar refractivity (Wildman–Crippen MR) is 174 cm³/mol. The predicted octanol–water partition coefficient (Wildman–Crippen LogP) is 1.03. The fourth-order valence-corrected chi connectivity index (χ4v) is 6.42. The molecule has 0 bridgehead atoms. The van der Waals surface area contributed by atoms with Crippen molar-refractivity contribution in [1.29, 1.82) is 0 Å². The SMILES string of the molecule is C[C@@H](O)[C@H]1C(=O)N2C(C(=O)OC(=O)c3ccc([N+](=O)[O-])cc3)=C(CN3CC[C@H](C(=O)NC(N)=NC(=O)OC(=O)c4ccc([N+](=O)[O-])cc4)C3)[C@H](C)[C@H]12. The third-order valence-corrected chi connectivity index (χ3v) is 9.00. The molecule has 0 spiro atoms. The molecule has 3 heterocycles. The number of nitro benzene ring substituents is 2. The molecule has 3 amide bonds. The number of likely N-dealkylation sites (tertiary alicyclic amines) is 1. The number of nitrogens with two attached hydrogens (primary N) is 1. The number of hydrogen-bond acceptors (Lipinski definition) is 14. The van der Waals surface area contributed by atoms with Gasteiger partial charge in [-0.1, -0.05) is 6.92 Å². The zero-order valence-corrected chi connectivity index (χ0v) is 27.5. The van der Waals surface area contributed by atoms with Crippen LogP contribution in [0.15, 0.2) is 64.8 Å². The van der Waals surface area contributed by atoms with E-state index in [2.05, 4.69) is 15.0 Å². The lowest BCUT2D eigenvalue weighted by Gasteiger charge is -2.46. The lowest BCUT2D eigenvalue weighted by Crippen LogP contribution is -2.63. The second kappa shape index (κ2) is 14.8. The van der Waals surface area contributed by atoms with Crippen LogP contribution in [0.1, 0.15) is 41.0 Å². The molecule has 272 valence electrons. The van der Waals surface area contributed by atoms with Crippen LogP contribution in [0.4, 0.5) is 16.2 Å². The van der Waals surface area contributed by atoms with E-state index in [4.69, 9.17) is 10.5 Å². The minimum absolute atomic E-state index is 0.0779. The van der Waals surface area contributed by atoms with Crippen molar-refractivity contribution >= 4 is 53.1 Å². The Morgan fingerprint density at radius 1 is 0.962 bits per heavy atom. The molecule has 2 aromatic carbocycles. The molecule has 0 aromatic heterocycles. The number of ether oxygens (including phenoxy) is 2. The Hall–Kier alpha value is -6.41. The fraction of sp³-hybridized carbons (Fsp3) is 0.344. The van der Waals surface area contributed by atoms with Gasteiger partial charge in [0.25, 0.3) is 11.4 Å². The Kier molecular flexibility index (Phi) is 10.5. The summed E-state index contributed by atoms with van der Waals surface area (Å²) < 4.78 is 9.66. The molecule has 20 nitrogen and oxygen atoms in total. The maximum Gasteiger partial charge on any atom is 0.444 e. The van der Waals surface area contributed by atoms with E-state index < -0.39 is 81.5 Å². The van der Waals surface area contributed by atoms with E-state index in [0.717, 1.165) is 48.5 Å². The number of fused-ring (bicyclic) bond motifs is 1. The number of esters is 3. The number of amides is 3. The monoisotopic (exact) mass is 721 g/mol. The standard InChI is InChI=1S/C32H31N7O13/c1-15-22(25(37-24(15)23(16(2)40)27(37)42)30(45)51-28(43)17-3-7-20(8-4-17)38(47)48)14-36-12-11-19(13-36)26(41)34-31(33)35-32(46)52-29(44)18-5-9-21(10-6-18)39(49)50/h3-10,15-16,19,23-24,40H,11-14H2,1-2H3,(H3,33,34,35,41,46)/t15-,16+,19-,23+,24+/m0/s1. The van der Waals surface area contributed by atoms with Crippen LogP contribution < -0.4 is 11.1 Å². The van der Waals surface area contributed by atoms with E-state index in [1.165, 1.54) is 11.8 Å². The average Bonchev–Trinajstić information content (AvgIpc) is 3.65. The topological polar surface area (TPSA) is 284 Å². The Balaban J connectivity index is 1.23. The van der Waals surface area contributed by atoms with Gasteiger partial charge in [0.15, 0.2) is 0 Å². The van der Waals surface area contributed by atoms with Crippen LogP contribution in [-0.2, 0) is 23.9 Å². The van der Waals surface area contributed by atoms with Crippen molar-refractivity contribution in [3.8, 4) is 0 Å². The first kappa shape index (κ1) is 36.9. The van der Waals surface area contributed by atoms with Crippen LogP contribution in [0, 0.1) is 38.0 Å². The van der Waals surface area contributed by atoms with Gasteiger partial charge >= 0.3 is 24.0 Å². The number of nitro groups is 2. The number of carbonyl (C=O) groups excluding carboxylic acids is 6. The van der Waals surface area contributed by atoms with Gasteiger partial charge in [0, 0.05) is 43.3 Å². The molecule has 0 saturated carbocycles. The molecule has 0 aliphatic carbocycles. The molecule has 2 saturated heterocycles. The molecule has 3 aliphatic rings. The second-order valence-electron chi connectivity index (χ2n) is 12.3. The number of β-lactam (4-membered cyclic amide) rings is 1. The van der Waals surface area contributed by atoms with Crippen LogP contribution in [0.2, 0.25) is 0 Å². The number of guanidine groups is 1. The van der Waals surface area contributed by atoms with Crippen molar-refractivity contribution in [2.75, 3.05) is 19.6 Å². The Labute approximate surface area is 293 Å². The Bertz CT molecular complexity index is 1920. The number of carbonyl (C=O) groups is 6. The number of benzene rings is 2. The molecule has 4 N–H and O–H groups in total. The maximum absolute atomic E-state index is 13.5. The summed E-state index contributed by atoms with van der Waals surface area (Å²) in [5, 5.41) is 34.3. The fourth-order valence-electron chi connectivity index (χ4n) is 6.42. The number of aliphatic hydroxyl groups is 1. The molecule has 0 radical (unpaired) electrons. The summed E-state index contributed by atoms with van der Waals surface area (Å²) in [6.45, 7) is 3.78. The molecule has 5 atom stereocenters. The Morgan fingerprint density at radius 2 is 1.50 bits per heavy atom. The maximum atomic E-state index is 13.5. The molecule has 52 heavy (non-hydrogen) atoms. The van der Waals surface area contributed by atoms with E-state index in [1.54, 1.807) is 6.92 Å². The first-order chi connectivity index (χ1) is 24.6. The minimum Gasteiger partial charge on any atom is -0.393 e. The number of hydrogen-bond donors (Lipinski definition) is 3. The summed E-state index contributed by atoms with van der Waals surface area (Å²) in [7, 11) is 0. The molecule has 5 rings (SSSR count). The van der Waals surface area contributed by atoms with E-state index in [-0.39, 0.29) is 41.3 Å². The van der Waals surface area contributed by atoms with Crippen LogP contribution in [0.3, 0.4) is 0 Å². The van der Waals surface area contributed by atoms with Gasteiger partial charge in [0.2, 0.25) is 17.8 Å². The molecular weight excluding hydrogens is 690 g/mol. The molecule has 3 aliphatic heterocycles. The van der Waals surface area contributed by atoms with Gasteiger partial charge < -0.3 is 25.2 Å². The summed E-state index contributed by atoms with van der Waals surface area (Å²) in [6, 6.07) is 8.04. The highest BCUT2D eigenvalue weighted by molar-refractivity contribution is 6.07. The summed E-state index contributed by atoms with van der Waals surface area (Å²) in [5.41, 5.74) is 5.08. The van der Waals surface area contributed by atoms with Gasteiger partial charge in [-0.25, -0.2) is 19.2 Å². The first-order valence-corrected chi connectivity index (χ1v) is 15.7. The molecule has 2 fully saturated rings. The normalized spacial score (nSPS) is 21.9. The van der Waals surface area contributed by atoms with Gasteiger partial charge in [-0.05, 0) is 49.7 Å².